The zero-order chi connectivity index (χ0) is 13.7. The maximum atomic E-state index is 4.39. The molecule has 1 N–H and O–H groups in total. The number of hydrogen-bond acceptors (Lipinski definition) is 2. The molecule has 0 aliphatic carbocycles. The van der Waals surface area contributed by atoms with Crippen molar-refractivity contribution >= 4 is 5.69 Å². The Morgan fingerprint density at radius 3 is 2.42 bits per heavy atom. The molecule has 2 rings (SSSR count). The lowest BCUT2D eigenvalue weighted by Crippen LogP contribution is -2.01. The average molecular weight is 254 g/mol. The summed E-state index contributed by atoms with van der Waals surface area (Å²) in [5.41, 5.74) is 4.81. The van der Waals surface area contributed by atoms with E-state index in [0.717, 1.165) is 17.9 Å². The SMILES string of the molecule is CCC(C)c1ccc(NCc2ccc(C)cn2)cc1. The minimum absolute atomic E-state index is 0.632. The summed E-state index contributed by atoms with van der Waals surface area (Å²) >= 11 is 0. The van der Waals surface area contributed by atoms with Crippen molar-refractivity contribution in [1.82, 2.24) is 4.98 Å². The van der Waals surface area contributed by atoms with Gasteiger partial charge in [-0.2, -0.15) is 0 Å². The topological polar surface area (TPSA) is 24.9 Å². The van der Waals surface area contributed by atoms with Crippen LogP contribution >= 0.6 is 0 Å². The molecule has 100 valence electrons. The van der Waals surface area contributed by atoms with Crippen molar-refractivity contribution in [2.24, 2.45) is 0 Å². The van der Waals surface area contributed by atoms with Gasteiger partial charge >= 0.3 is 0 Å². The largest absolute Gasteiger partial charge is 0.379 e. The Morgan fingerprint density at radius 2 is 1.84 bits per heavy atom. The van der Waals surface area contributed by atoms with Gasteiger partial charge in [-0.25, -0.2) is 0 Å². The molecule has 0 aliphatic heterocycles. The second-order valence-electron chi connectivity index (χ2n) is 5.11. The highest BCUT2D eigenvalue weighted by Crippen LogP contribution is 2.20. The van der Waals surface area contributed by atoms with Crippen LogP contribution in [-0.2, 0) is 6.54 Å². The molecule has 2 aromatic rings. The van der Waals surface area contributed by atoms with E-state index in [-0.39, 0.29) is 0 Å². The van der Waals surface area contributed by atoms with Gasteiger partial charge in [0.1, 0.15) is 0 Å². The molecular formula is C17H22N2. The maximum absolute atomic E-state index is 4.39. The number of benzene rings is 1. The van der Waals surface area contributed by atoms with E-state index in [1.54, 1.807) is 0 Å². The minimum Gasteiger partial charge on any atom is -0.379 e. The monoisotopic (exact) mass is 254 g/mol. The molecule has 2 nitrogen and oxygen atoms in total. The van der Waals surface area contributed by atoms with Gasteiger partial charge in [-0.3, -0.25) is 4.98 Å². The fraction of sp³-hybridized carbons (Fsp3) is 0.353. The lowest BCUT2D eigenvalue weighted by Gasteiger charge is -2.11. The van der Waals surface area contributed by atoms with Crippen molar-refractivity contribution in [3.05, 3.63) is 59.4 Å². The van der Waals surface area contributed by atoms with Gasteiger partial charge in [-0.1, -0.05) is 32.0 Å². The van der Waals surface area contributed by atoms with Crippen molar-refractivity contribution < 1.29 is 0 Å². The lowest BCUT2D eigenvalue weighted by molar-refractivity contribution is 0.734. The molecule has 1 atom stereocenters. The van der Waals surface area contributed by atoms with Crippen molar-refractivity contribution in [2.45, 2.75) is 39.7 Å². The summed E-state index contributed by atoms with van der Waals surface area (Å²) in [4.78, 5) is 4.39. The van der Waals surface area contributed by atoms with Crippen LogP contribution in [0, 0.1) is 6.92 Å². The van der Waals surface area contributed by atoms with E-state index in [9.17, 15) is 0 Å². The number of aryl methyl sites for hydroxylation is 1. The van der Waals surface area contributed by atoms with Gasteiger partial charge in [-0.15, -0.1) is 0 Å². The van der Waals surface area contributed by atoms with Gasteiger partial charge < -0.3 is 5.32 Å². The molecule has 1 unspecified atom stereocenters. The van der Waals surface area contributed by atoms with Crippen molar-refractivity contribution in [3.8, 4) is 0 Å². The van der Waals surface area contributed by atoms with Crippen LogP contribution in [0.4, 0.5) is 5.69 Å². The first-order chi connectivity index (χ1) is 9.19. The Labute approximate surface area is 115 Å². The lowest BCUT2D eigenvalue weighted by atomic mass is 9.99. The molecule has 0 saturated heterocycles. The molecule has 0 saturated carbocycles. The standard InChI is InChI=1S/C17H22N2/c1-4-14(3)15-6-9-16(10-7-15)19-12-17-8-5-13(2)11-18-17/h5-11,14,19H,4,12H2,1-3H3. The zero-order valence-corrected chi connectivity index (χ0v) is 12.0. The van der Waals surface area contributed by atoms with Crippen LogP contribution in [0.1, 0.15) is 43.0 Å². The van der Waals surface area contributed by atoms with E-state index in [1.807, 2.05) is 6.20 Å². The number of rotatable bonds is 5. The van der Waals surface area contributed by atoms with Crippen LogP contribution in [0.25, 0.3) is 0 Å². The Kier molecular flexibility index (Phi) is 4.56. The number of nitrogens with one attached hydrogen (secondary N) is 1. The molecule has 0 bridgehead atoms. The molecule has 0 fully saturated rings. The third-order valence-electron chi connectivity index (χ3n) is 3.54. The fourth-order valence-electron chi connectivity index (χ4n) is 1.96. The Hall–Kier alpha value is -1.83. The van der Waals surface area contributed by atoms with E-state index in [4.69, 9.17) is 0 Å². The first-order valence-electron chi connectivity index (χ1n) is 6.94. The highest BCUT2D eigenvalue weighted by Gasteiger charge is 2.02. The quantitative estimate of drug-likeness (QED) is 0.848. The van der Waals surface area contributed by atoms with E-state index in [1.165, 1.54) is 17.5 Å². The van der Waals surface area contributed by atoms with Crippen LogP contribution < -0.4 is 5.32 Å². The van der Waals surface area contributed by atoms with Crippen LogP contribution in [-0.4, -0.2) is 4.98 Å². The average Bonchev–Trinajstić information content (AvgIpc) is 2.46. The minimum atomic E-state index is 0.632. The second kappa shape index (κ2) is 6.37. The smallest absolute Gasteiger partial charge is 0.0594 e. The zero-order valence-electron chi connectivity index (χ0n) is 12.0. The van der Waals surface area contributed by atoms with Crippen molar-refractivity contribution in [1.29, 1.82) is 0 Å². The third-order valence-corrected chi connectivity index (χ3v) is 3.54. The summed E-state index contributed by atoms with van der Waals surface area (Å²) < 4.78 is 0. The highest BCUT2D eigenvalue weighted by atomic mass is 14.9. The van der Waals surface area contributed by atoms with Crippen molar-refractivity contribution in [2.75, 3.05) is 5.32 Å². The molecule has 1 aromatic heterocycles. The molecule has 1 heterocycles. The van der Waals surface area contributed by atoms with Crippen LogP contribution in [0.3, 0.4) is 0 Å². The van der Waals surface area contributed by atoms with Gasteiger partial charge in [0.2, 0.25) is 0 Å². The summed E-state index contributed by atoms with van der Waals surface area (Å²) in [6.07, 6.45) is 3.09. The Bertz CT molecular complexity index is 500. The van der Waals surface area contributed by atoms with Gasteiger partial charge in [0, 0.05) is 11.9 Å². The third kappa shape index (κ3) is 3.82. The molecule has 19 heavy (non-hydrogen) atoms. The van der Waals surface area contributed by atoms with Crippen LogP contribution in [0.15, 0.2) is 42.6 Å². The van der Waals surface area contributed by atoms with Crippen LogP contribution in [0.5, 0.6) is 0 Å². The summed E-state index contributed by atoms with van der Waals surface area (Å²) in [5, 5.41) is 3.40. The van der Waals surface area contributed by atoms with Gasteiger partial charge in [0.15, 0.2) is 0 Å². The first kappa shape index (κ1) is 13.6. The summed E-state index contributed by atoms with van der Waals surface area (Å²) in [7, 11) is 0. The molecule has 0 radical (unpaired) electrons. The molecule has 0 aliphatic rings. The van der Waals surface area contributed by atoms with Gasteiger partial charge in [0.05, 0.1) is 12.2 Å². The molecule has 0 amide bonds. The molecule has 2 heteroatoms. The van der Waals surface area contributed by atoms with Crippen LogP contribution in [0.2, 0.25) is 0 Å². The molecular weight excluding hydrogens is 232 g/mol. The number of anilines is 1. The Balaban J connectivity index is 1.94. The second-order valence-corrected chi connectivity index (χ2v) is 5.11. The van der Waals surface area contributed by atoms with E-state index in [2.05, 4.69) is 67.5 Å². The summed E-state index contributed by atoms with van der Waals surface area (Å²) in [5.74, 6) is 0.632. The predicted molar refractivity (Wildman–Crippen MR) is 81.4 cm³/mol. The normalized spacial score (nSPS) is 12.2. The summed E-state index contributed by atoms with van der Waals surface area (Å²) in [6, 6.07) is 12.9. The van der Waals surface area contributed by atoms with E-state index >= 15 is 0 Å². The van der Waals surface area contributed by atoms with E-state index in [0.29, 0.717) is 5.92 Å². The molecule has 0 spiro atoms. The van der Waals surface area contributed by atoms with Crippen molar-refractivity contribution in [3.63, 3.8) is 0 Å². The van der Waals surface area contributed by atoms with Gasteiger partial charge in [-0.05, 0) is 48.6 Å². The number of aromatic nitrogens is 1. The van der Waals surface area contributed by atoms with Gasteiger partial charge in [0.25, 0.3) is 0 Å². The number of hydrogen-bond donors (Lipinski definition) is 1. The summed E-state index contributed by atoms with van der Waals surface area (Å²) in [6.45, 7) is 7.30. The maximum Gasteiger partial charge on any atom is 0.0594 e. The molecule has 1 aromatic carbocycles. The highest BCUT2D eigenvalue weighted by molar-refractivity contribution is 5.45. The fourth-order valence-corrected chi connectivity index (χ4v) is 1.96. The number of pyridine rings is 1. The van der Waals surface area contributed by atoms with E-state index < -0.39 is 0 Å². The number of nitrogens with zero attached hydrogens (tertiary/aromatic N) is 1. The first-order valence-corrected chi connectivity index (χ1v) is 6.94. The predicted octanol–water partition coefficient (Wildman–Crippen LogP) is 4.52. The Morgan fingerprint density at radius 1 is 1.11 bits per heavy atom.